The van der Waals surface area contributed by atoms with Crippen molar-refractivity contribution in [2.75, 3.05) is 0 Å². The lowest BCUT2D eigenvalue weighted by atomic mass is 10.2. The van der Waals surface area contributed by atoms with E-state index in [-0.39, 0.29) is 16.0 Å². The molecular weight excluding hydrogens is 421 g/mol. The fourth-order valence-electron chi connectivity index (χ4n) is 1.14. The average molecular weight is 422 g/mol. The number of hydrogen-bond acceptors (Lipinski definition) is 2. The van der Waals surface area contributed by atoms with Crippen LogP contribution in [0.25, 0.3) is 10.9 Å². The van der Waals surface area contributed by atoms with Gasteiger partial charge in [0, 0.05) is 8.04 Å². The standard InChI is InChI=1S/C8HBrCl2FIN2/c9-5-3(13)1-2(12)6-4(5)7(10)15-8(11)14-6/h1H. The molecule has 0 aliphatic heterocycles. The minimum absolute atomic E-state index is 0.0699. The van der Waals surface area contributed by atoms with E-state index in [9.17, 15) is 4.39 Å². The summed E-state index contributed by atoms with van der Waals surface area (Å²) >= 11 is 16.8. The number of hydrogen-bond donors (Lipinski definition) is 0. The highest BCUT2D eigenvalue weighted by molar-refractivity contribution is 14.1. The third-order valence-electron chi connectivity index (χ3n) is 1.75. The fourth-order valence-corrected chi connectivity index (χ4v) is 2.76. The highest BCUT2D eigenvalue weighted by Crippen LogP contribution is 2.34. The van der Waals surface area contributed by atoms with Gasteiger partial charge in [0.25, 0.3) is 0 Å². The van der Waals surface area contributed by atoms with Crippen molar-refractivity contribution in [2.45, 2.75) is 0 Å². The van der Waals surface area contributed by atoms with Gasteiger partial charge in [-0.1, -0.05) is 11.6 Å². The molecule has 15 heavy (non-hydrogen) atoms. The summed E-state index contributed by atoms with van der Waals surface area (Å²) in [6, 6.07) is 1.35. The third kappa shape index (κ3) is 2.07. The number of rotatable bonds is 0. The number of fused-ring (bicyclic) bond motifs is 1. The van der Waals surface area contributed by atoms with Gasteiger partial charge in [-0.05, 0) is 56.2 Å². The zero-order valence-corrected chi connectivity index (χ0v) is 12.1. The normalized spacial score (nSPS) is 11.0. The zero-order valence-electron chi connectivity index (χ0n) is 6.86. The van der Waals surface area contributed by atoms with E-state index >= 15 is 0 Å². The van der Waals surface area contributed by atoms with Crippen LogP contribution in [0.2, 0.25) is 10.4 Å². The summed E-state index contributed by atoms with van der Waals surface area (Å²) in [6.45, 7) is 0. The smallest absolute Gasteiger partial charge is 0.215 e. The lowest BCUT2D eigenvalue weighted by Crippen LogP contribution is -1.93. The summed E-state index contributed by atoms with van der Waals surface area (Å²) in [7, 11) is 0. The molecule has 0 N–H and O–H groups in total. The second-order valence-electron chi connectivity index (χ2n) is 2.66. The van der Waals surface area contributed by atoms with Crippen molar-refractivity contribution in [2.24, 2.45) is 0 Å². The Balaban J connectivity index is 3.03. The Kier molecular flexibility index (Phi) is 3.35. The van der Waals surface area contributed by atoms with Crippen molar-refractivity contribution >= 4 is 72.6 Å². The first-order valence-corrected chi connectivity index (χ1v) is 6.29. The SMILES string of the molecule is Fc1cc(I)c(Br)c2c(Cl)nc(Cl)nc12. The van der Waals surface area contributed by atoms with Gasteiger partial charge in [0.15, 0.2) is 5.82 Å². The Bertz CT molecular complexity index is 564. The largest absolute Gasteiger partial charge is 0.224 e. The molecular formula is C8HBrCl2FIN2. The summed E-state index contributed by atoms with van der Waals surface area (Å²) in [6.07, 6.45) is 0. The van der Waals surface area contributed by atoms with Crippen LogP contribution in [0.1, 0.15) is 0 Å². The molecule has 1 aromatic carbocycles. The second-order valence-corrected chi connectivity index (χ2v) is 5.31. The minimum atomic E-state index is -0.469. The molecule has 0 atom stereocenters. The quantitative estimate of drug-likeness (QED) is 0.272. The Morgan fingerprint density at radius 2 is 2.00 bits per heavy atom. The Labute approximate surface area is 116 Å². The number of aromatic nitrogens is 2. The molecule has 1 heterocycles. The van der Waals surface area contributed by atoms with Crippen LogP contribution in [0.3, 0.4) is 0 Å². The van der Waals surface area contributed by atoms with Crippen LogP contribution in [0, 0.1) is 9.39 Å². The molecule has 78 valence electrons. The first kappa shape index (κ1) is 11.8. The molecule has 7 heteroatoms. The second kappa shape index (κ2) is 4.27. The van der Waals surface area contributed by atoms with Gasteiger partial charge in [-0.3, -0.25) is 0 Å². The summed E-state index contributed by atoms with van der Waals surface area (Å²) in [5.41, 5.74) is 0.118. The first-order valence-electron chi connectivity index (χ1n) is 3.67. The summed E-state index contributed by atoms with van der Waals surface area (Å²) < 4.78 is 14.9. The molecule has 0 spiro atoms. The molecule has 2 aromatic rings. The topological polar surface area (TPSA) is 25.8 Å². The van der Waals surface area contributed by atoms with Gasteiger partial charge in [-0.2, -0.15) is 0 Å². The molecule has 2 rings (SSSR count). The van der Waals surface area contributed by atoms with Crippen molar-refractivity contribution in [1.82, 2.24) is 9.97 Å². The molecule has 1 aromatic heterocycles. The molecule has 0 aliphatic rings. The highest BCUT2D eigenvalue weighted by atomic mass is 127. The van der Waals surface area contributed by atoms with E-state index in [2.05, 4.69) is 25.9 Å². The van der Waals surface area contributed by atoms with E-state index in [1.54, 1.807) is 0 Å². The van der Waals surface area contributed by atoms with Crippen molar-refractivity contribution < 1.29 is 4.39 Å². The van der Waals surface area contributed by atoms with Gasteiger partial charge in [-0.25, -0.2) is 14.4 Å². The van der Waals surface area contributed by atoms with E-state index in [0.29, 0.717) is 13.4 Å². The van der Waals surface area contributed by atoms with Crippen molar-refractivity contribution in [3.05, 3.63) is 30.4 Å². The molecule has 0 saturated heterocycles. The summed E-state index contributed by atoms with van der Waals surface area (Å²) in [4.78, 5) is 7.56. The van der Waals surface area contributed by atoms with Gasteiger partial charge >= 0.3 is 0 Å². The molecule has 0 radical (unpaired) electrons. The predicted octanol–water partition coefficient (Wildman–Crippen LogP) is 4.44. The number of nitrogens with zero attached hydrogens (tertiary/aromatic N) is 2. The van der Waals surface area contributed by atoms with Gasteiger partial charge in [0.1, 0.15) is 10.7 Å². The van der Waals surface area contributed by atoms with Gasteiger partial charge in [0.2, 0.25) is 5.28 Å². The van der Waals surface area contributed by atoms with E-state index in [1.807, 2.05) is 22.6 Å². The van der Waals surface area contributed by atoms with Crippen LogP contribution in [-0.4, -0.2) is 9.97 Å². The molecule has 0 saturated carbocycles. The maximum absolute atomic E-state index is 13.6. The lowest BCUT2D eigenvalue weighted by molar-refractivity contribution is 0.635. The van der Waals surface area contributed by atoms with Crippen molar-refractivity contribution in [3.8, 4) is 0 Å². The van der Waals surface area contributed by atoms with E-state index < -0.39 is 5.82 Å². The van der Waals surface area contributed by atoms with E-state index in [1.165, 1.54) is 6.07 Å². The molecule has 0 aliphatic carbocycles. The zero-order chi connectivity index (χ0) is 11.2. The maximum Gasteiger partial charge on any atom is 0.224 e. The molecule has 0 unspecified atom stereocenters. The monoisotopic (exact) mass is 420 g/mol. The van der Waals surface area contributed by atoms with Crippen LogP contribution in [0.4, 0.5) is 4.39 Å². The number of halogens is 5. The molecule has 0 amide bonds. The van der Waals surface area contributed by atoms with Crippen LogP contribution >= 0.6 is 61.7 Å². The van der Waals surface area contributed by atoms with Gasteiger partial charge < -0.3 is 0 Å². The van der Waals surface area contributed by atoms with Gasteiger partial charge in [0.05, 0.1) is 5.39 Å². The van der Waals surface area contributed by atoms with Crippen molar-refractivity contribution in [3.63, 3.8) is 0 Å². The van der Waals surface area contributed by atoms with E-state index in [4.69, 9.17) is 23.2 Å². The Morgan fingerprint density at radius 3 is 2.67 bits per heavy atom. The van der Waals surface area contributed by atoms with Crippen LogP contribution in [0.15, 0.2) is 10.5 Å². The van der Waals surface area contributed by atoms with Crippen molar-refractivity contribution in [1.29, 1.82) is 0 Å². The lowest BCUT2D eigenvalue weighted by Gasteiger charge is -2.05. The van der Waals surface area contributed by atoms with Gasteiger partial charge in [-0.15, -0.1) is 0 Å². The van der Waals surface area contributed by atoms with Crippen LogP contribution in [-0.2, 0) is 0 Å². The molecule has 0 bridgehead atoms. The molecule has 0 fully saturated rings. The minimum Gasteiger partial charge on any atom is -0.215 e. The third-order valence-corrected chi connectivity index (χ3v) is 4.60. The Hall–Kier alpha value is 0.280. The summed E-state index contributed by atoms with van der Waals surface area (Å²) in [5.74, 6) is -0.469. The Morgan fingerprint density at radius 1 is 1.33 bits per heavy atom. The number of benzene rings is 1. The van der Waals surface area contributed by atoms with E-state index in [0.717, 1.165) is 0 Å². The highest BCUT2D eigenvalue weighted by Gasteiger charge is 2.15. The summed E-state index contributed by atoms with van der Waals surface area (Å²) in [5, 5.41) is 0.499. The average Bonchev–Trinajstić information content (AvgIpc) is 2.13. The van der Waals surface area contributed by atoms with Crippen LogP contribution < -0.4 is 0 Å². The van der Waals surface area contributed by atoms with Crippen LogP contribution in [0.5, 0.6) is 0 Å². The fraction of sp³-hybridized carbons (Fsp3) is 0. The molecule has 2 nitrogen and oxygen atoms in total. The maximum atomic E-state index is 13.6. The predicted molar refractivity (Wildman–Crippen MR) is 69.9 cm³/mol. The first-order chi connectivity index (χ1) is 7.00.